The van der Waals surface area contributed by atoms with Gasteiger partial charge in [-0.05, 0) is 30.7 Å². The monoisotopic (exact) mass is 178 g/mol. The van der Waals surface area contributed by atoms with E-state index in [1.165, 1.54) is 24.1 Å². The van der Waals surface area contributed by atoms with Crippen molar-refractivity contribution >= 4 is 0 Å². The van der Waals surface area contributed by atoms with Crippen LogP contribution in [-0.2, 0) is 13.0 Å². The Morgan fingerprint density at radius 1 is 1.31 bits per heavy atom. The van der Waals surface area contributed by atoms with E-state index in [0.717, 1.165) is 6.54 Å². The predicted molar refractivity (Wildman–Crippen MR) is 55.6 cm³/mol. The smallest absolute Gasteiger partial charge is 0.0315 e. The Morgan fingerprint density at radius 3 is 2.85 bits per heavy atom. The maximum atomic E-state index is 4.11. The normalized spacial score (nSPS) is 15.6. The molecule has 0 fully saturated rings. The highest BCUT2D eigenvalue weighted by Crippen LogP contribution is 2.15. The lowest BCUT2D eigenvalue weighted by Gasteiger charge is -2.23. The molecule has 0 aliphatic carbocycles. The van der Waals surface area contributed by atoms with Crippen LogP contribution in [0.5, 0.6) is 0 Å². The molecule has 72 valence electrons. The molecule has 13 heavy (non-hydrogen) atoms. The SMILES string of the molecule is CC.CN1CCc2ccncc2C1. The predicted octanol–water partition coefficient (Wildman–Crippen LogP) is 2.10. The van der Waals surface area contributed by atoms with Crippen LogP contribution in [-0.4, -0.2) is 23.5 Å². The Labute approximate surface area is 80.6 Å². The number of hydrogen-bond acceptors (Lipinski definition) is 2. The van der Waals surface area contributed by atoms with Crippen molar-refractivity contribution < 1.29 is 0 Å². The minimum Gasteiger partial charge on any atom is -0.302 e. The van der Waals surface area contributed by atoms with Gasteiger partial charge in [-0.3, -0.25) is 4.98 Å². The third-order valence-electron chi connectivity index (χ3n) is 2.21. The largest absolute Gasteiger partial charge is 0.302 e. The van der Waals surface area contributed by atoms with Gasteiger partial charge in [-0.1, -0.05) is 13.8 Å². The molecule has 2 rings (SSSR count). The molecular weight excluding hydrogens is 160 g/mol. The van der Waals surface area contributed by atoms with E-state index >= 15 is 0 Å². The summed E-state index contributed by atoms with van der Waals surface area (Å²) in [5.41, 5.74) is 2.86. The van der Waals surface area contributed by atoms with E-state index in [-0.39, 0.29) is 0 Å². The second kappa shape index (κ2) is 4.97. The van der Waals surface area contributed by atoms with Crippen molar-refractivity contribution in [2.24, 2.45) is 0 Å². The van der Waals surface area contributed by atoms with Crippen LogP contribution in [0.25, 0.3) is 0 Å². The fourth-order valence-corrected chi connectivity index (χ4v) is 1.52. The minimum absolute atomic E-state index is 1.06. The van der Waals surface area contributed by atoms with Gasteiger partial charge in [-0.2, -0.15) is 0 Å². The first kappa shape index (κ1) is 10.2. The van der Waals surface area contributed by atoms with Crippen molar-refractivity contribution in [2.75, 3.05) is 13.6 Å². The first-order chi connectivity index (χ1) is 6.36. The van der Waals surface area contributed by atoms with Gasteiger partial charge in [0, 0.05) is 25.5 Å². The molecule has 1 aliphatic heterocycles. The first-order valence-corrected chi connectivity index (χ1v) is 4.96. The molecule has 2 nitrogen and oxygen atoms in total. The van der Waals surface area contributed by atoms with E-state index < -0.39 is 0 Å². The Balaban J connectivity index is 0.000000396. The van der Waals surface area contributed by atoms with E-state index in [0.29, 0.717) is 0 Å². The summed E-state index contributed by atoms with van der Waals surface area (Å²) in [5.74, 6) is 0. The third kappa shape index (κ3) is 2.52. The fraction of sp³-hybridized carbons (Fsp3) is 0.545. The zero-order valence-corrected chi connectivity index (χ0v) is 8.75. The number of aromatic nitrogens is 1. The molecular formula is C11H18N2. The number of likely N-dealkylation sites (N-methyl/N-ethyl adjacent to an activating group) is 1. The van der Waals surface area contributed by atoms with Gasteiger partial charge < -0.3 is 4.90 Å². The molecule has 2 heteroatoms. The highest BCUT2D eigenvalue weighted by atomic mass is 15.1. The molecule has 1 aromatic heterocycles. The Morgan fingerprint density at radius 2 is 2.08 bits per heavy atom. The average Bonchev–Trinajstić information content (AvgIpc) is 2.21. The Kier molecular flexibility index (Phi) is 3.90. The van der Waals surface area contributed by atoms with E-state index in [9.17, 15) is 0 Å². The molecule has 0 N–H and O–H groups in total. The lowest BCUT2D eigenvalue weighted by Crippen LogP contribution is -2.26. The van der Waals surface area contributed by atoms with Crippen molar-refractivity contribution in [2.45, 2.75) is 26.8 Å². The molecule has 0 radical (unpaired) electrons. The second-order valence-electron chi connectivity index (χ2n) is 3.13. The van der Waals surface area contributed by atoms with Crippen LogP contribution in [0.3, 0.4) is 0 Å². The molecule has 0 saturated heterocycles. The topological polar surface area (TPSA) is 16.1 Å². The first-order valence-electron chi connectivity index (χ1n) is 4.96. The summed E-state index contributed by atoms with van der Waals surface area (Å²) in [4.78, 5) is 6.43. The molecule has 0 bridgehead atoms. The Bertz CT molecular complexity index is 258. The lowest BCUT2D eigenvalue weighted by molar-refractivity contribution is 0.312. The van der Waals surface area contributed by atoms with Crippen LogP contribution in [0.4, 0.5) is 0 Å². The average molecular weight is 178 g/mol. The van der Waals surface area contributed by atoms with Crippen LogP contribution in [0.2, 0.25) is 0 Å². The number of rotatable bonds is 0. The maximum Gasteiger partial charge on any atom is 0.0315 e. The van der Waals surface area contributed by atoms with Gasteiger partial charge >= 0.3 is 0 Å². The molecule has 1 aromatic rings. The van der Waals surface area contributed by atoms with Crippen LogP contribution >= 0.6 is 0 Å². The summed E-state index contributed by atoms with van der Waals surface area (Å²) in [7, 11) is 2.15. The molecule has 0 saturated carbocycles. The maximum absolute atomic E-state index is 4.11. The number of fused-ring (bicyclic) bond motifs is 1. The minimum atomic E-state index is 1.06. The van der Waals surface area contributed by atoms with Gasteiger partial charge in [0.25, 0.3) is 0 Å². The van der Waals surface area contributed by atoms with E-state index in [1.807, 2.05) is 26.2 Å². The summed E-state index contributed by atoms with van der Waals surface area (Å²) in [6.45, 7) is 6.24. The van der Waals surface area contributed by atoms with E-state index in [1.54, 1.807) is 0 Å². The van der Waals surface area contributed by atoms with Gasteiger partial charge in [0.2, 0.25) is 0 Å². The third-order valence-corrected chi connectivity index (χ3v) is 2.21. The zero-order chi connectivity index (χ0) is 9.68. The van der Waals surface area contributed by atoms with E-state index in [4.69, 9.17) is 0 Å². The molecule has 0 atom stereocenters. The summed E-state index contributed by atoms with van der Waals surface area (Å²) in [6.07, 6.45) is 5.03. The molecule has 0 unspecified atom stereocenters. The van der Waals surface area contributed by atoms with E-state index in [2.05, 4.69) is 23.0 Å². The lowest BCUT2D eigenvalue weighted by atomic mass is 10.0. The quantitative estimate of drug-likeness (QED) is 0.605. The number of nitrogens with zero attached hydrogens (tertiary/aromatic N) is 2. The Hall–Kier alpha value is -0.890. The van der Waals surface area contributed by atoms with Crippen LogP contribution < -0.4 is 0 Å². The van der Waals surface area contributed by atoms with Gasteiger partial charge in [-0.15, -0.1) is 0 Å². The second-order valence-corrected chi connectivity index (χ2v) is 3.13. The molecule has 0 amide bonds. The summed E-state index contributed by atoms with van der Waals surface area (Å²) < 4.78 is 0. The van der Waals surface area contributed by atoms with Crippen LogP contribution in [0.1, 0.15) is 25.0 Å². The standard InChI is InChI=1S/C9H12N2.C2H6/c1-11-5-3-8-2-4-10-6-9(8)7-11;1-2/h2,4,6H,3,5,7H2,1H3;1-2H3. The van der Waals surface area contributed by atoms with Gasteiger partial charge in [0.1, 0.15) is 0 Å². The van der Waals surface area contributed by atoms with Gasteiger partial charge in [-0.25, -0.2) is 0 Å². The van der Waals surface area contributed by atoms with Crippen molar-refractivity contribution in [1.82, 2.24) is 9.88 Å². The molecule has 0 spiro atoms. The van der Waals surface area contributed by atoms with Crippen LogP contribution in [0, 0.1) is 0 Å². The molecule has 1 aliphatic rings. The number of pyridine rings is 1. The van der Waals surface area contributed by atoms with Crippen molar-refractivity contribution in [3.8, 4) is 0 Å². The van der Waals surface area contributed by atoms with Gasteiger partial charge in [0.15, 0.2) is 0 Å². The van der Waals surface area contributed by atoms with Crippen molar-refractivity contribution in [3.05, 3.63) is 29.6 Å². The van der Waals surface area contributed by atoms with Crippen molar-refractivity contribution in [3.63, 3.8) is 0 Å². The summed E-state index contributed by atoms with van der Waals surface area (Å²) in [5, 5.41) is 0. The summed E-state index contributed by atoms with van der Waals surface area (Å²) >= 11 is 0. The highest BCUT2D eigenvalue weighted by molar-refractivity contribution is 5.25. The fourth-order valence-electron chi connectivity index (χ4n) is 1.52. The molecule has 2 heterocycles. The van der Waals surface area contributed by atoms with Crippen molar-refractivity contribution in [1.29, 1.82) is 0 Å². The molecule has 0 aromatic carbocycles. The van der Waals surface area contributed by atoms with Gasteiger partial charge in [0.05, 0.1) is 0 Å². The summed E-state index contributed by atoms with van der Waals surface area (Å²) in [6, 6.07) is 2.13. The number of hydrogen-bond donors (Lipinski definition) is 0. The zero-order valence-electron chi connectivity index (χ0n) is 8.75. The highest BCUT2D eigenvalue weighted by Gasteiger charge is 2.11. The van der Waals surface area contributed by atoms with Crippen LogP contribution in [0.15, 0.2) is 18.5 Å².